The maximum atomic E-state index is 14.8. The van der Waals surface area contributed by atoms with Crippen LogP contribution in [0.1, 0.15) is 42.5 Å². The molecule has 0 fully saturated rings. The van der Waals surface area contributed by atoms with E-state index in [1.165, 1.54) is 0 Å². The number of alkyl halides is 8. The summed E-state index contributed by atoms with van der Waals surface area (Å²) in [5, 5.41) is 4.08. The molecule has 0 saturated heterocycles. The molecule has 1 aliphatic rings. The van der Waals surface area contributed by atoms with E-state index in [9.17, 15) is 53.1 Å². The van der Waals surface area contributed by atoms with Gasteiger partial charge in [-0.1, -0.05) is 12.1 Å². The van der Waals surface area contributed by atoms with Crippen molar-refractivity contribution in [1.82, 2.24) is 15.6 Å². The molecule has 8 nitrogen and oxygen atoms in total. The minimum Gasteiger partial charge on any atom is -0.494 e. The number of nitrogens with one attached hydrogen (secondary N) is 2. The summed E-state index contributed by atoms with van der Waals surface area (Å²) in [5.74, 6) is -3.33. The third-order valence-electron chi connectivity index (χ3n) is 6.31. The maximum absolute atomic E-state index is 14.8. The molecule has 1 atom stereocenters. The van der Waals surface area contributed by atoms with Crippen molar-refractivity contribution in [1.29, 1.82) is 0 Å². The van der Waals surface area contributed by atoms with Crippen LogP contribution in [0.3, 0.4) is 0 Å². The summed E-state index contributed by atoms with van der Waals surface area (Å²) in [6.07, 6.45) is -13.5. The molecular formula is C26H25F8N3O5S. The molecule has 1 aliphatic heterocycles. The van der Waals surface area contributed by atoms with Crippen LogP contribution >= 0.6 is 0 Å². The molecule has 0 bridgehead atoms. The van der Waals surface area contributed by atoms with Gasteiger partial charge in [0.1, 0.15) is 11.5 Å². The van der Waals surface area contributed by atoms with Gasteiger partial charge >= 0.3 is 12.4 Å². The molecule has 236 valence electrons. The Hall–Kier alpha value is -3.76. The molecule has 3 rings (SSSR count). The van der Waals surface area contributed by atoms with E-state index in [2.05, 4.69) is 10.3 Å². The largest absolute Gasteiger partial charge is 0.494 e. The lowest BCUT2D eigenvalue weighted by molar-refractivity contribution is -0.201. The van der Waals surface area contributed by atoms with Gasteiger partial charge in [0.25, 0.3) is 6.43 Å². The number of carbonyl (C=O) groups is 2. The van der Waals surface area contributed by atoms with Crippen molar-refractivity contribution in [3.63, 3.8) is 0 Å². The summed E-state index contributed by atoms with van der Waals surface area (Å²) in [4.78, 5) is 29.1. The van der Waals surface area contributed by atoms with E-state index in [1.54, 1.807) is 0 Å². The van der Waals surface area contributed by atoms with Crippen molar-refractivity contribution in [2.45, 2.75) is 43.6 Å². The van der Waals surface area contributed by atoms with Crippen LogP contribution in [-0.2, 0) is 25.0 Å². The first-order valence-corrected chi connectivity index (χ1v) is 14.5. The third kappa shape index (κ3) is 8.87. The first kappa shape index (κ1) is 33.7. The molecular weight excluding hydrogens is 618 g/mol. The van der Waals surface area contributed by atoms with Gasteiger partial charge in [0.05, 0.1) is 12.3 Å². The molecule has 0 radical (unpaired) electrons. The highest BCUT2D eigenvalue weighted by Crippen LogP contribution is 2.48. The first-order valence-electron chi connectivity index (χ1n) is 12.4. The average Bonchev–Trinajstić information content (AvgIpc) is 2.88. The molecule has 43 heavy (non-hydrogen) atoms. The van der Waals surface area contributed by atoms with Crippen LogP contribution in [0, 0.1) is 0 Å². The van der Waals surface area contributed by atoms with E-state index < -0.39 is 87.8 Å². The summed E-state index contributed by atoms with van der Waals surface area (Å²) in [7, 11) is -3.78. The number of sulfone groups is 1. The van der Waals surface area contributed by atoms with E-state index in [1.807, 2.05) is 5.32 Å². The molecule has 2 N–H and O–H groups in total. The van der Waals surface area contributed by atoms with Gasteiger partial charge in [0.2, 0.25) is 11.8 Å². The van der Waals surface area contributed by atoms with E-state index in [-0.39, 0.29) is 30.0 Å². The van der Waals surface area contributed by atoms with Gasteiger partial charge in [-0.3, -0.25) is 14.6 Å². The van der Waals surface area contributed by atoms with E-state index in [0.717, 1.165) is 48.9 Å². The summed E-state index contributed by atoms with van der Waals surface area (Å²) < 4.78 is 135. The highest BCUT2D eigenvalue weighted by Gasteiger charge is 2.59. The number of amides is 2. The Morgan fingerprint density at radius 1 is 1.09 bits per heavy atom. The lowest BCUT2D eigenvalue weighted by Gasteiger charge is -2.41. The van der Waals surface area contributed by atoms with Gasteiger partial charge in [-0.25, -0.2) is 17.2 Å². The zero-order valence-corrected chi connectivity index (χ0v) is 23.1. The van der Waals surface area contributed by atoms with Crippen molar-refractivity contribution in [2.24, 2.45) is 0 Å². The summed E-state index contributed by atoms with van der Waals surface area (Å²) in [6, 6.07) is 6.01. The number of rotatable bonds is 11. The predicted octanol–water partition coefficient (Wildman–Crippen LogP) is 4.63. The Bertz CT molecular complexity index is 1460. The van der Waals surface area contributed by atoms with Gasteiger partial charge < -0.3 is 15.4 Å². The summed E-state index contributed by atoms with van der Waals surface area (Å²) >= 11 is 0. The molecule has 0 unspecified atom stereocenters. The van der Waals surface area contributed by atoms with E-state index >= 15 is 0 Å². The van der Waals surface area contributed by atoms with Crippen LogP contribution < -0.4 is 15.4 Å². The first-order chi connectivity index (χ1) is 19.8. The molecule has 2 aromatic rings. The van der Waals surface area contributed by atoms with Crippen molar-refractivity contribution in [3.05, 3.63) is 65.0 Å². The number of hydrogen-bond donors (Lipinski definition) is 2. The lowest BCUT2D eigenvalue weighted by Crippen LogP contribution is -2.59. The zero-order valence-electron chi connectivity index (χ0n) is 22.3. The Morgan fingerprint density at radius 2 is 1.74 bits per heavy atom. The Labute approximate surface area is 240 Å². The third-order valence-corrected chi connectivity index (χ3v) is 7.10. The molecule has 0 saturated carbocycles. The number of halogens is 8. The normalized spacial score (nSPS) is 18.0. The second kappa shape index (κ2) is 12.9. The van der Waals surface area contributed by atoms with Crippen LogP contribution in [0.2, 0.25) is 0 Å². The smallest absolute Gasteiger partial charge is 0.416 e. The molecule has 1 aromatic heterocycles. The average molecular weight is 644 g/mol. The fraction of sp³-hybridized carbons (Fsp3) is 0.423. The minimum absolute atomic E-state index is 0.0281. The molecule has 2 heterocycles. The van der Waals surface area contributed by atoms with Crippen LogP contribution in [-0.4, -0.2) is 62.7 Å². The fourth-order valence-electron chi connectivity index (χ4n) is 4.25. The van der Waals surface area contributed by atoms with Crippen LogP contribution in [0.15, 0.2) is 48.2 Å². The molecule has 2 amide bonds. The molecule has 0 spiro atoms. The Balaban J connectivity index is 2.00. The van der Waals surface area contributed by atoms with Gasteiger partial charge in [-0.2, -0.15) is 26.3 Å². The monoisotopic (exact) mass is 643 g/mol. The number of ether oxygens (including phenoxy) is 1. The van der Waals surface area contributed by atoms with Gasteiger partial charge in [-0.05, 0) is 41.8 Å². The maximum Gasteiger partial charge on any atom is 0.416 e. The SMILES string of the molecule is CS(=O)(=O)CC(=O)NCC1=C(c2ccc(C(F)F)cn2)C[C@](c2ccc(OCCCC(F)(F)F)cc2)(C(F)(F)F)NC1=O. The number of nitrogens with zero attached hydrogens (tertiary/aromatic N) is 1. The fourth-order valence-corrected chi connectivity index (χ4v) is 4.83. The van der Waals surface area contributed by atoms with Crippen molar-refractivity contribution >= 4 is 27.2 Å². The summed E-state index contributed by atoms with van der Waals surface area (Å²) in [6.45, 7) is -1.06. The second-order valence-electron chi connectivity index (χ2n) is 9.71. The standard InChI is InChI=1S/C26H25F8N3O5S/c1-43(40,41)14-21(38)36-13-19-18(20-8-3-15(12-35-20)22(27)28)11-24(26(32,33)34,37-23(19)39)16-4-6-17(7-5-16)42-10-2-9-25(29,30)31/h3-8,12,22H,2,9-11,13-14H2,1H3,(H,36,38)(H,37,39)/t24-/m0/s1. The number of aromatic nitrogens is 1. The van der Waals surface area contributed by atoms with Gasteiger partial charge in [0, 0.05) is 43.0 Å². The Kier molecular flexibility index (Phi) is 10.1. The van der Waals surface area contributed by atoms with Crippen LogP contribution in [0.25, 0.3) is 5.57 Å². The van der Waals surface area contributed by atoms with Crippen molar-refractivity contribution < 1.29 is 57.9 Å². The van der Waals surface area contributed by atoms with E-state index in [0.29, 0.717) is 0 Å². The number of pyridine rings is 1. The predicted molar refractivity (Wildman–Crippen MR) is 137 cm³/mol. The highest BCUT2D eigenvalue weighted by atomic mass is 32.2. The molecule has 17 heteroatoms. The zero-order chi connectivity index (χ0) is 32.2. The number of hydrogen-bond acceptors (Lipinski definition) is 6. The van der Waals surface area contributed by atoms with Crippen LogP contribution in [0.4, 0.5) is 35.1 Å². The molecule has 1 aromatic carbocycles. The lowest BCUT2D eigenvalue weighted by atomic mass is 9.77. The van der Waals surface area contributed by atoms with Crippen molar-refractivity contribution in [3.8, 4) is 5.75 Å². The van der Waals surface area contributed by atoms with Gasteiger partial charge in [0.15, 0.2) is 15.4 Å². The summed E-state index contributed by atoms with van der Waals surface area (Å²) in [5.41, 5.74) is -5.15. The Morgan fingerprint density at radius 3 is 2.26 bits per heavy atom. The number of carbonyl (C=O) groups excluding carboxylic acids is 2. The highest BCUT2D eigenvalue weighted by molar-refractivity contribution is 7.91. The van der Waals surface area contributed by atoms with E-state index in [4.69, 9.17) is 4.74 Å². The second-order valence-corrected chi connectivity index (χ2v) is 11.8. The van der Waals surface area contributed by atoms with Crippen molar-refractivity contribution in [2.75, 3.05) is 25.2 Å². The molecule has 0 aliphatic carbocycles. The van der Waals surface area contributed by atoms with Gasteiger partial charge in [-0.15, -0.1) is 0 Å². The number of benzene rings is 1. The topological polar surface area (TPSA) is 114 Å². The van der Waals surface area contributed by atoms with Crippen LogP contribution in [0.5, 0.6) is 5.75 Å². The minimum atomic E-state index is -5.16. The quantitative estimate of drug-likeness (QED) is 0.273.